The summed E-state index contributed by atoms with van der Waals surface area (Å²) in [4.78, 5) is 2.73. The van der Waals surface area contributed by atoms with Crippen LogP contribution < -0.4 is 5.73 Å². The molecule has 0 aromatic rings. The molecule has 0 radical (unpaired) electrons. The second-order valence-electron chi connectivity index (χ2n) is 6.84. The highest BCUT2D eigenvalue weighted by atomic mass is 16.5. The van der Waals surface area contributed by atoms with E-state index in [1.54, 1.807) is 0 Å². The summed E-state index contributed by atoms with van der Waals surface area (Å²) in [6.45, 7) is 2.69. The normalized spacial score (nSPS) is 43.2. The fraction of sp³-hybridized carbons (Fsp3) is 1.00. The van der Waals surface area contributed by atoms with Crippen LogP contribution in [-0.2, 0) is 9.47 Å². The highest BCUT2D eigenvalue weighted by molar-refractivity contribution is 5.02. The van der Waals surface area contributed by atoms with Gasteiger partial charge in [0.15, 0.2) is 0 Å². The van der Waals surface area contributed by atoms with E-state index < -0.39 is 0 Å². The summed E-state index contributed by atoms with van der Waals surface area (Å²) in [5.74, 6) is 0. The van der Waals surface area contributed by atoms with Crippen molar-refractivity contribution in [3.05, 3.63) is 0 Å². The molecule has 2 N–H and O–H groups in total. The third-order valence-corrected chi connectivity index (χ3v) is 5.83. The molecule has 2 aliphatic carbocycles. The molecule has 3 fully saturated rings. The number of morpholine rings is 1. The molecule has 0 aromatic heterocycles. The minimum atomic E-state index is 0.156. The van der Waals surface area contributed by atoms with Crippen LogP contribution in [0.5, 0.6) is 0 Å². The molecule has 4 unspecified atom stereocenters. The van der Waals surface area contributed by atoms with Gasteiger partial charge in [0.05, 0.1) is 18.8 Å². The summed E-state index contributed by atoms with van der Waals surface area (Å²) in [7, 11) is 1.85. The van der Waals surface area contributed by atoms with Crippen LogP contribution in [0.4, 0.5) is 0 Å². The van der Waals surface area contributed by atoms with E-state index in [1.807, 2.05) is 7.11 Å². The molecule has 0 bridgehead atoms. The van der Waals surface area contributed by atoms with Crippen LogP contribution in [0.25, 0.3) is 0 Å². The predicted octanol–water partition coefficient (Wildman–Crippen LogP) is 1.92. The molecule has 3 rings (SSSR count). The molecule has 3 aliphatic rings. The van der Waals surface area contributed by atoms with Gasteiger partial charge in [-0.25, -0.2) is 0 Å². The van der Waals surface area contributed by atoms with Crippen molar-refractivity contribution in [3.8, 4) is 0 Å². The Labute approximate surface area is 123 Å². The Kier molecular flexibility index (Phi) is 4.65. The van der Waals surface area contributed by atoms with Gasteiger partial charge in [-0.2, -0.15) is 0 Å². The van der Waals surface area contributed by atoms with Gasteiger partial charge in [0, 0.05) is 31.8 Å². The topological polar surface area (TPSA) is 47.7 Å². The number of nitrogens with zero attached hydrogens (tertiary/aromatic N) is 1. The number of hydrogen-bond donors (Lipinski definition) is 1. The highest BCUT2D eigenvalue weighted by Crippen LogP contribution is 2.40. The van der Waals surface area contributed by atoms with Gasteiger partial charge in [-0.1, -0.05) is 12.8 Å². The van der Waals surface area contributed by atoms with Gasteiger partial charge >= 0.3 is 0 Å². The van der Waals surface area contributed by atoms with Crippen LogP contribution in [0.3, 0.4) is 0 Å². The monoisotopic (exact) mass is 282 g/mol. The molecular weight excluding hydrogens is 252 g/mol. The van der Waals surface area contributed by atoms with Gasteiger partial charge in [-0.15, -0.1) is 0 Å². The Balaban J connectivity index is 1.79. The van der Waals surface area contributed by atoms with Gasteiger partial charge in [0.1, 0.15) is 0 Å². The van der Waals surface area contributed by atoms with E-state index in [2.05, 4.69) is 4.90 Å². The van der Waals surface area contributed by atoms with Gasteiger partial charge < -0.3 is 15.2 Å². The molecule has 4 heteroatoms. The average Bonchev–Trinajstić information content (AvgIpc) is 2.54. The second-order valence-corrected chi connectivity index (χ2v) is 6.84. The Bertz CT molecular complexity index is 324. The minimum Gasteiger partial charge on any atom is -0.381 e. The first-order valence-corrected chi connectivity index (χ1v) is 8.40. The zero-order chi connectivity index (χ0) is 14.0. The molecule has 2 saturated carbocycles. The molecule has 20 heavy (non-hydrogen) atoms. The van der Waals surface area contributed by atoms with Crippen molar-refractivity contribution in [2.24, 2.45) is 5.73 Å². The van der Waals surface area contributed by atoms with Crippen molar-refractivity contribution in [1.29, 1.82) is 0 Å². The Morgan fingerprint density at radius 2 is 2.10 bits per heavy atom. The number of hydrogen-bond acceptors (Lipinski definition) is 4. The van der Waals surface area contributed by atoms with Crippen LogP contribution in [0, 0.1) is 0 Å². The zero-order valence-corrected chi connectivity index (χ0v) is 12.9. The van der Waals surface area contributed by atoms with Crippen LogP contribution in [-0.4, -0.2) is 55.5 Å². The first kappa shape index (κ1) is 14.8. The summed E-state index contributed by atoms with van der Waals surface area (Å²) in [5, 5.41) is 0. The molecule has 4 atom stereocenters. The fourth-order valence-corrected chi connectivity index (χ4v) is 4.74. The van der Waals surface area contributed by atoms with E-state index >= 15 is 0 Å². The lowest BCUT2D eigenvalue weighted by molar-refractivity contribution is -0.142. The van der Waals surface area contributed by atoms with Crippen molar-refractivity contribution in [3.63, 3.8) is 0 Å². The quantitative estimate of drug-likeness (QED) is 0.859. The highest BCUT2D eigenvalue weighted by Gasteiger charge is 2.47. The van der Waals surface area contributed by atoms with E-state index in [0.717, 1.165) is 26.1 Å². The molecule has 1 heterocycles. The van der Waals surface area contributed by atoms with Crippen molar-refractivity contribution < 1.29 is 9.47 Å². The van der Waals surface area contributed by atoms with E-state index in [9.17, 15) is 0 Å². The summed E-state index contributed by atoms with van der Waals surface area (Å²) >= 11 is 0. The smallest absolute Gasteiger partial charge is 0.0731 e. The Morgan fingerprint density at radius 3 is 2.90 bits per heavy atom. The van der Waals surface area contributed by atoms with E-state index in [-0.39, 0.29) is 5.54 Å². The molecule has 0 amide bonds. The molecule has 0 aromatic carbocycles. The van der Waals surface area contributed by atoms with Crippen LogP contribution in [0.2, 0.25) is 0 Å². The first-order valence-electron chi connectivity index (χ1n) is 8.40. The molecule has 1 aliphatic heterocycles. The van der Waals surface area contributed by atoms with E-state index in [4.69, 9.17) is 15.2 Å². The number of nitrogens with two attached hydrogens (primary N) is 1. The number of methoxy groups -OCH3 is 1. The first-order chi connectivity index (χ1) is 9.79. The second kappa shape index (κ2) is 6.30. The van der Waals surface area contributed by atoms with Crippen molar-refractivity contribution in [1.82, 2.24) is 4.90 Å². The molecule has 1 saturated heterocycles. The van der Waals surface area contributed by atoms with E-state index in [1.165, 1.54) is 44.9 Å². The summed E-state index contributed by atoms with van der Waals surface area (Å²) in [6, 6.07) is 0.594. The standard InChI is InChI=1S/C16H30N2O2/c1-19-13-5-4-8-16(11-13,12-17)18-9-10-20-15-7-3-2-6-14(15)18/h13-15H,2-12,17H2,1H3. The third-order valence-electron chi connectivity index (χ3n) is 5.83. The average molecular weight is 282 g/mol. The summed E-state index contributed by atoms with van der Waals surface area (Å²) in [6.07, 6.45) is 10.8. The Hall–Kier alpha value is -0.160. The van der Waals surface area contributed by atoms with Gasteiger partial charge in [0.2, 0.25) is 0 Å². The van der Waals surface area contributed by atoms with Gasteiger partial charge in [-0.05, 0) is 38.5 Å². The molecule has 0 spiro atoms. The zero-order valence-electron chi connectivity index (χ0n) is 12.9. The number of ether oxygens (including phenoxy) is 2. The fourth-order valence-electron chi connectivity index (χ4n) is 4.74. The molecular formula is C16H30N2O2. The predicted molar refractivity (Wildman–Crippen MR) is 79.8 cm³/mol. The maximum absolute atomic E-state index is 6.27. The van der Waals surface area contributed by atoms with Crippen LogP contribution >= 0.6 is 0 Å². The third kappa shape index (κ3) is 2.63. The summed E-state index contributed by atoms with van der Waals surface area (Å²) < 4.78 is 11.7. The number of fused-ring (bicyclic) bond motifs is 1. The lowest BCUT2D eigenvalue weighted by atomic mass is 9.76. The minimum absolute atomic E-state index is 0.156. The van der Waals surface area contributed by atoms with Crippen molar-refractivity contribution in [2.75, 3.05) is 26.8 Å². The lowest BCUT2D eigenvalue weighted by Crippen LogP contribution is -2.66. The molecule has 116 valence electrons. The Morgan fingerprint density at radius 1 is 1.25 bits per heavy atom. The van der Waals surface area contributed by atoms with Crippen LogP contribution in [0.1, 0.15) is 51.4 Å². The van der Waals surface area contributed by atoms with Gasteiger partial charge in [0.25, 0.3) is 0 Å². The number of rotatable bonds is 3. The van der Waals surface area contributed by atoms with E-state index in [0.29, 0.717) is 18.2 Å². The van der Waals surface area contributed by atoms with Crippen molar-refractivity contribution in [2.45, 2.75) is 75.2 Å². The maximum Gasteiger partial charge on any atom is 0.0731 e. The maximum atomic E-state index is 6.27. The van der Waals surface area contributed by atoms with Gasteiger partial charge in [-0.3, -0.25) is 4.90 Å². The SMILES string of the molecule is COC1CCCC(CN)(N2CCOC3CCCCC32)C1. The summed E-state index contributed by atoms with van der Waals surface area (Å²) in [5.41, 5.74) is 6.43. The van der Waals surface area contributed by atoms with Crippen LogP contribution in [0.15, 0.2) is 0 Å². The van der Waals surface area contributed by atoms with Crippen molar-refractivity contribution >= 4 is 0 Å². The largest absolute Gasteiger partial charge is 0.381 e. The lowest BCUT2D eigenvalue weighted by Gasteiger charge is -2.55. The molecule has 4 nitrogen and oxygen atoms in total.